The van der Waals surface area contributed by atoms with Gasteiger partial charge in [0.1, 0.15) is 0 Å². The molecule has 0 bridgehead atoms. The standard InChI is InChI=1S/C22H38N4O2/c1-24(2)10-11-25(3)15-19-21(20-16-27-14-12-26(20)23-19)18-5-8-22(9-6-18)7-4-13-28-17-22/h18H,4-17H2,1-3H3. The molecular weight excluding hydrogens is 352 g/mol. The van der Waals surface area contributed by atoms with Gasteiger partial charge >= 0.3 is 0 Å². The highest BCUT2D eigenvalue weighted by molar-refractivity contribution is 5.31. The zero-order valence-corrected chi connectivity index (χ0v) is 18.1. The molecule has 0 atom stereocenters. The molecule has 0 N–H and O–H groups in total. The van der Waals surface area contributed by atoms with Gasteiger partial charge < -0.3 is 14.4 Å². The van der Waals surface area contributed by atoms with E-state index in [1.165, 1.54) is 55.5 Å². The van der Waals surface area contributed by atoms with E-state index in [9.17, 15) is 0 Å². The summed E-state index contributed by atoms with van der Waals surface area (Å²) >= 11 is 0. The van der Waals surface area contributed by atoms with E-state index < -0.39 is 0 Å². The summed E-state index contributed by atoms with van der Waals surface area (Å²) in [6, 6.07) is 0. The van der Waals surface area contributed by atoms with Crippen molar-refractivity contribution in [2.24, 2.45) is 5.41 Å². The number of nitrogens with zero attached hydrogens (tertiary/aromatic N) is 4. The maximum atomic E-state index is 5.85. The van der Waals surface area contributed by atoms with Crippen LogP contribution >= 0.6 is 0 Å². The maximum Gasteiger partial charge on any atom is 0.0888 e. The van der Waals surface area contributed by atoms with Crippen molar-refractivity contribution in [3.05, 3.63) is 17.0 Å². The summed E-state index contributed by atoms with van der Waals surface area (Å²) in [6.45, 7) is 7.44. The summed E-state index contributed by atoms with van der Waals surface area (Å²) in [4.78, 5) is 4.66. The van der Waals surface area contributed by atoms with Crippen LogP contribution in [0.3, 0.4) is 0 Å². The van der Waals surface area contributed by atoms with Crippen molar-refractivity contribution >= 4 is 0 Å². The topological polar surface area (TPSA) is 42.8 Å². The van der Waals surface area contributed by atoms with Gasteiger partial charge in [-0.15, -0.1) is 0 Å². The molecular formula is C22H38N4O2. The second-order valence-corrected chi connectivity index (χ2v) is 9.55. The van der Waals surface area contributed by atoms with Crippen LogP contribution in [0.15, 0.2) is 0 Å². The second kappa shape index (κ2) is 8.82. The molecule has 1 saturated carbocycles. The Labute approximate surface area is 170 Å². The predicted molar refractivity (Wildman–Crippen MR) is 110 cm³/mol. The average molecular weight is 391 g/mol. The third-order valence-corrected chi connectivity index (χ3v) is 7.07. The lowest BCUT2D eigenvalue weighted by Crippen LogP contribution is -2.35. The highest BCUT2D eigenvalue weighted by Gasteiger charge is 2.39. The summed E-state index contributed by atoms with van der Waals surface area (Å²) in [5.74, 6) is 0.634. The van der Waals surface area contributed by atoms with E-state index >= 15 is 0 Å². The first-order valence-electron chi connectivity index (χ1n) is 11.1. The molecule has 3 aliphatic rings. The van der Waals surface area contributed by atoms with Crippen LogP contribution in [-0.2, 0) is 29.2 Å². The quantitative estimate of drug-likeness (QED) is 0.747. The molecule has 1 aromatic heterocycles. The van der Waals surface area contributed by atoms with Crippen LogP contribution in [0.4, 0.5) is 0 Å². The number of aromatic nitrogens is 2. The van der Waals surface area contributed by atoms with Gasteiger partial charge in [0, 0.05) is 31.8 Å². The monoisotopic (exact) mass is 390 g/mol. The van der Waals surface area contributed by atoms with Gasteiger partial charge in [-0.25, -0.2) is 0 Å². The van der Waals surface area contributed by atoms with Crippen LogP contribution in [0.2, 0.25) is 0 Å². The minimum Gasteiger partial charge on any atom is -0.381 e. The van der Waals surface area contributed by atoms with Gasteiger partial charge in [-0.2, -0.15) is 5.10 Å². The summed E-state index contributed by atoms with van der Waals surface area (Å²) < 4.78 is 13.9. The van der Waals surface area contributed by atoms with E-state index in [2.05, 4.69) is 35.6 Å². The minimum atomic E-state index is 0.459. The number of fused-ring (bicyclic) bond motifs is 1. The molecule has 2 aliphatic heterocycles. The number of ether oxygens (including phenoxy) is 2. The molecule has 3 heterocycles. The molecule has 28 heavy (non-hydrogen) atoms. The van der Waals surface area contributed by atoms with Crippen molar-refractivity contribution in [3.63, 3.8) is 0 Å². The predicted octanol–water partition coefficient (Wildman–Crippen LogP) is 2.86. The largest absolute Gasteiger partial charge is 0.381 e. The minimum absolute atomic E-state index is 0.459. The summed E-state index contributed by atoms with van der Waals surface area (Å²) in [5, 5.41) is 5.05. The molecule has 4 rings (SSSR count). The SMILES string of the molecule is CN(C)CCN(C)Cc1nn2c(c1C1CCC3(CCCOC3)CC1)COCC2. The van der Waals surface area contributed by atoms with E-state index in [1.54, 1.807) is 0 Å². The fourth-order valence-electron chi connectivity index (χ4n) is 5.34. The molecule has 0 amide bonds. The van der Waals surface area contributed by atoms with Crippen LogP contribution in [0.5, 0.6) is 0 Å². The smallest absolute Gasteiger partial charge is 0.0888 e. The highest BCUT2D eigenvalue weighted by atomic mass is 16.5. The van der Waals surface area contributed by atoms with Crippen molar-refractivity contribution in [1.29, 1.82) is 0 Å². The van der Waals surface area contributed by atoms with Crippen molar-refractivity contribution in [2.75, 3.05) is 54.1 Å². The lowest BCUT2D eigenvalue weighted by Gasteiger charge is -2.43. The molecule has 2 fully saturated rings. The van der Waals surface area contributed by atoms with Crippen molar-refractivity contribution in [2.45, 2.75) is 64.1 Å². The third-order valence-electron chi connectivity index (χ3n) is 7.07. The molecule has 6 heteroatoms. The molecule has 0 unspecified atom stereocenters. The molecule has 1 spiro atoms. The van der Waals surface area contributed by atoms with Gasteiger partial charge in [-0.3, -0.25) is 9.58 Å². The van der Waals surface area contributed by atoms with E-state index in [0.717, 1.165) is 52.6 Å². The zero-order valence-electron chi connectivity index (χ0n) is 18.1. The first kappa shape index (κ1) is 20.3. The summed E-state index contributed by atoms with van der Waals surface area (Å²) in [6.07, 6.45) is 7.75. The van der Waals surface area contributed by atoms with Crippen molar-refractivity contribution in [3.8, 4) is 0 Å². The fraction of sp³-hybridized carbons (Fsp3) is 0.864. The van der Waals surface area contributed by atoms with Crippen LogP contribution in [0, 0.1) is 5.41 Å². The maximum absolute atomic E-state index is 5.85. The Kier molecular flexibility index (Phi) is 6.40. The Morgan fingerprint density at radius 2 is 1.89 bits per heavy atom. The van der Waals surface area contributed by atoms with Gasteiger partial charge in [0.25, 0.3) is 0 Å². The molecule has 1 aliphatic carbocycles. The lowest BCUT2D eigenvalue weighted by molar-refractivity contribution is -0.0310. The van der Waals surface area contributed by atoms with Crippen molar-refractivity contribution < 1.29 is 9.47 Å². The van der Waals surface area contributed by atoms with Gasteiger partial charge in [0.05, 0.1) is 37.8 Å². The summed E-state index contributed by atoms with van der Waals surface area (Å²) in [7, 11) is 6.49. The van der Waals surface area contributed by atoms with Crippen LogP contribution < -0.4 is 0 Å². The second-order valence-electron chi connectivity index (χ2n) is 9.55. The van der Waals surface area contributed by atoms with Crippen LogP contribution in [0.1, 0.15) is 61.4 Å². The Morgan fingerprint density at radius 1 is 1.07 bits per heavy atom. The number of hydrogen-bond acceptors (Lipinski definition) is 5. The Balaban J connectivity index is 1.50. The number of hydrogen-bond donors (Lipinski definition) is 0. The zero-order chi connectivity index (χ0) is 19.6. The van der Waals surface area contributed by atoms with Crippen LogP contribution in [-0.4, -0.2) is 73.6 Å². The first-order valence-corrected chi connectivity index (χ1v) is 11.1. The van der Waals surface area contributed by atoms with Gasteiger partial charge in [-0.05, 0) is 71.0 Å². The van der Waals surface area contributed by atoms with E-state index in [4.69, 9.17) is 14.6 Å². The normalized spacial score (nSPS) is 28.2. The Hall–Kier alpha value is -0.950. The number of rotatable bonds is 6. The van der Waals surface area contributed by atoms with Gasteiger partial charge in [0.15, 0.2) is 0 Å². The summed E-state index contributed by atoms with van der Waals surface area (Å²) in [5.41, 5.74) is 4.62. The van der Waals surface area contributed by atoms with E-state index in [0.29, 0.717) is 11.3 Å². The van der Waals surface area contributed by atoms with E-state index in [-0.39, 0.29) is 0 Å². The van der Waals surface area contributed by atoms with E-state index in [1.807, 2.05) is 0 Å². The molecule has 0 aromatic carbocycles. The Morgan fingerprint density at radius 3 is 2.61 bits per heavy atom. The number of likely N-dealkylation sites (N-methyl/N-ethyl adjacent to an activating group) is 2. The fourth-order valence-corrected chi connectivity index (χ4v) is 5.34. The molecule has 158 valence electrons. The molecule has 1 aromatic rings. The van der Waals surface area contributed by atoms with Gasteiger partial charge in [0.2, 0.25) is 0 Å². The van der Waals surface area contributed by atoms with Crippen LogP contribution in [0.25, 0.3) is 0 Å². The highest BCUT2D eigenvalue weighted by Crippen LogP contribution is 2.48. The Bertz CT molecular complexity index is 641. The van der Waals surface area contributed by atoms with Gasteiger partial charge in [-0.1, -0.05) is 0 Å². The third kappa shape index (κ3) is 4.45. The first-order chi connectivity index (χ1) is 13.6. The molecule has 0 radical (unpaired) electrons. The average Bonchev–Trinajstić information content (AvgIpc) is 3.05. The van der Waals surface area contributed by atoms with Crippen molar-refractivity contribution in [1.82, 2.24) is 19.6 Å². The molecule has 6 nitrogen and oxygen atoms in total. The lowest BCUT2D eigenvalue weighted by atomic mass is 9.66. The molecule has 1 saturated heterocycles.